The van der Waals surface area contributed by atoms with E-state index in [1.165, 1.54) is 11.1 Å². The third-order valence-electron chi connectivity index (χ3n) is 3.45. The van der Waals surface area contributed by atoms with Crippen molar-refractivity contribution in [2.24, 2.45) is 10.3 Å². The fraction of sp³-hybridized carbons (Fsp3) is 0.190. The molecule has 3 rings (SSSR count). The van der Waals surface area contributed by atoms with Gasteiger partial charge >= 0.3 is 0 Å². The molecule has 1 saturated heterocycles. The summed E-state index contributed by atoms with van der Waals surface area (Å²) in [6.45, 7) is 0. The molecule has 9 nitrogen and oxygen atoms in total. The normalized spacial score (nSPS) is 12.6. The fourth-order valence-corrected chi connectivity index (χ4v) is 2.36. The third kappa shape index (κ3) is 13.6. The Hall–Kier alpha value is -2.85. The lowest BCUT2D eigenvalue weighted by Gasteiger charge is -1.96. The molecule has 34 heavy (non-hydrogen) atoms. The summed E-state index contributed by atoms with van der Waals surface area (Å²) in [5.74, 6) is -0.590. The minimum Gasteiger partial charge on any atom is -0.411 e. The SMILES string of the molecule is CN(C)C=O.O/N=C(\Cl)c1ccc(Cl)cc1.O/N=C/c1ccc(Cl)cc1.O=C1CCC(=O)N1Cl. The number of benzene rings is 2. The molecule has 3 amide bonds. The number of hydrogen-bond donors (Lipinski definition) is 2. The van der Waals surface area contributed by atoms with Gasteiger partial charge < -0.3 is 15.3 Å². The van der Waals surface area contributed by atoms with E-state index < -0.39 is 0 Å². The predicted molar refractivity (Wildman–Crippen MR) is 133 cm³/mol. The molecule has 2 aromatic carbocycles. The molecule has 13 heteroatoms. The molecule has 0 atom stereocenters. The molecule has 0 unspecified atom stereocenters. The third-order valence-corrected chi connectivity index (χ3v) is 4.62. The number of hydrogen-bond acceptors (Lipinski definition) is 7. The summed E-state index contributed by atoms with van der Waals surface area (Å²) in [5, 5.41) is 23.5. The van der Waals surface area contributed by atoms with Crippen LogP contribution in [0.2, 0.25) is 10.0 Å². The molecule has 2 aromatic rings. The summed E-state index contributed by atoms with van der Waals surface area (Å²) in [6, 6.07) is 13.7. The molecule has 0 saturated carbocycles. The van der Waals surface area contributed by atoms with Gasteiger partial charge in [0.2, 0.25) is 18.2 Å². The van der Waals surface area contributed by atoms with Crippen LogP contribution >= 0.6 is 46.6 Å². The monoisotopic (exact) mass is 550 g/mol. The van der Waals surface area contributed by atoms with E-state index in [1.807, 2.05) is 0 Å². The Balaban J connectivity index is 0.000000442. The Kier molecular flexibility index (Phi) is 16.1. The van der Waals surface area contributed by atoms with Crippen LogP contribution < -0.4 is 0 Å². The average molecular weight is 552 g/mol. The van der Waals surface area contributed by atoms with E-state index >= 15 is 0 Å². The molecule has 1 aliphatic rings. The van der Waals surface area contributed by atoms with Crippen LogP contribution in [-0.4, -0.2) is 63.4 Å². The van der Waals surface area contributed by atoms with Gasteiger partial charge in [-0.3, -0.25) is 14.4 Å². The van der Waals surface area contributed by atoms with Crippen LogP contribution in [0.4, 0.5) is 0 Å². The number of rotatable bonds is 3. The summed E-state index contributed by atoms with van der Waals surface area (Å²) in [4.78, 5) is 31.6. The van der Waals surface area contributed by atoms with Crippen LogP contribution in [0.1, 0.15) is 24.0 Å². The molecule has 0 radical (unpaired) electrons. The van der Waals surface area contributed by atoms with E-state index in [9.17, 15) is 14.4 Å². The molecule has 184 valence electrons. The highest BCUT2D eigenvalue weighted by molar-refractivity contribution is 6.69. The molecule has 0 aromatic heterocycles. The van der Waals surface area contributed by atoms with E-state index in [0.717, 1.165) is 12.0 Å². The second kappa shape index (κ2) is 17.6. The van der Waals surface area contributed by atoms with Crippen LogP contribution in [0.25, 0.3) is 0 Å². The van der Waals surface area contributed by atoms with Crippen molar-refractivity contribution in [2.75, 3.05) is 14.1 Å². The van der Waals surface area contributed by atoms with Crippen LogP contribution in [0.5, 0.6) is 0 Å². The second-order valence-electron chi connectivity index (χ2n) is 6.33. The smallest absolute Gasteiger partial charge is 0.244 e. The maximum absolute atomic E-state index is 10.4. The highest BCUT2D eigenvalue weighted by Crippen LogP contribution is 2.13. The molecule has 2 N–H and O–H groups in total. The Morgan fingerprint density at radius 1 is 0.941 bits per heavy atom. The van der Waals surface area contributed by atoms with Gasteiger partial charge in [-0.1, -0.05) is 69.4 Å². The first kappa shape index (κ1) is 31.1. The molecule has 1 heterocycles. The van der Waals surface area contributed by atoms with Gasteiger partial charge in [0, 0.05) is 54.3 Å². The van der Waals surface area contributed by atoms with Gasteiger partial charge in [0.05, 0.1) is 6.21 Å². The number of carbonyl (C=O) groups is 3. The van der Waals surface area contributed by atoms with Crippen molar-refractivity contribution in [1.82, 2.24) is 9.32 Å². The van der Waals surface area contributed by atoms with E-state index in [4.69, 9.17) is 57.0 Å². The van der Waals surface area contributed by atoms with Crippen molar-refractivity contribution in [3.05, 3.63) is 69.7 Å². The molecule has 0 aliphatic carbocycles. The summed E-state index contributed by atoms with van der Waals surface area (Å²) in [6.07, 6.45) is 2.63. The number of carbonyl (C=O) groups excluding carboxylic acids is 3. The van der Waals surface area contributed by atoms with Gasteiger partial charge in [-0.25, -0.2) is 0 Å². The van der Waals surface area contributed by atoms with Gasteiger partial charge in [-0.2, -0.15) is 4.42 Å². The topological polar surface area (TPSA) is 123 Å². The zero-order chi connectivity index (χ0) is 26.1. The molecule has 1 aliphatic heterocycles. The van der Waals surface area contributed by atoms with E-state index in [2.05, 4.69) is 10.3 Å². The lowest BCUT2D eigenvalue weighted by Crippen LogP contribution is -2.16. The summed E-state index contributed by atoms with van der Waals surface area (Å²) >= 11 is 21.9. The summed E-state index contributed by atoms with van der Waals surface area (Å²) < 4.78 is 0.639. The average Bonchev–Trinajstić information content (AvgIpc) is 3.12. The first-order valence-corrected chi connectivity index (χ1v) is 10.7. The van der Waals surface area contributed by atoms with Gasteiger partial charge in [-0.05, 0) is 29.8 Å². The molecule has 0 bridgehead atoms. The lowest BCUT2D eigenvalue weighted by atomic mass is 10.2. The molecule has 0 spiro atoms. The largest absolute Gasteiger partial charge is 0.411 e. The minimum absolute atomic E-state index is 0.0571. The Morgan fingerprint density at radius 2 is 1.35 bits per heavy atom. The van der Waals surface area contributed by atoms with Crippen LogP contribution in [0.3, 0.4) is 0 Å². The quantitative estimate of drug-likeness (QED) is 0.141. The molecule has 1 fully saturated rings. The highest BCUT2D eigenvalue weighted by Gasteiger charge is 2.26. The summed E-state index contributed by atoms with van der Waals surface area (Å²) in [5.41, 5.74) is 1.46. The molecular formula is C21H22Cl4N4O5. The van der Waals surface area contributed by atoms with Crippen molar-refractivity contribution < 1.29 is 24.8 Å². The zero-order valence-corrected chi connectivity index (χ0v) is 21.1. The maximum atomic E-state index is 10.4. The van der Waals surface area contributed by atoms with E-state index in [0.29, 0.717) is 20.0 Å². The highest BCUT2D eigenvalue weighted by atomic mass is 35.5. The fourth-order valence-electron chi connectivity index (χ4n) is 1.81. The van der Waals surface area contributed by atoms with E-state index in [1.54, 1.807) is 62.6 Å². The van der Waals surface area contributed by atoms with Crippen molar-refractivity contribution >= 4 is 76.2 Å². The van der Waals surface area contributed by atoms with E-state index in [-0.39, 0.29) is 29.8 Å². The summed E-state index contributed by atoms with van der Waals surface area (Å²) in [7, 11) is 3.38. The lowest BCUT2D eigenvalue weighted by molar-refractivity contribution is -0.132. The van der Waals surface area contributed by atoms with Gasteiger partial charge in [0.15, 0.2) is 5.17 Å². The van der Waals surface area contributed by atoms with Crippen molar-refractivity contribution in [1.29, 1.82) is 0 Å². The predicted octanol–water partition coefficient (Wildman–Crippen LogP) is 4.86. The van der Waals surface area contributed by atoms with Gasteiger partial charge in [0.1, 0.15) is 0 Å². The zero-order valence-electron chi connectivity index (χ0n) is 18.1. The number of imide groups is 1. The van der Waals surface area contributed by atoms with Gasteiger partial charge in [0.25, 0.3) is 0 Å². The Morgan fingerprint density at radius 3 is 1.65 bits per heavy atom. The Bertz CT molecular complexity index is 952. The van der Waals surface area contributed by atoms with Crippen LogP contribution in [0, 0.1) is 0 Å². The van der Waals surface area contributed by atoms with Crippen molar-refractivity contribution in [3.8, 4) is 0 Å². The Labute approximate surface area is 216 Å². The maximum Gasteiger partial charge on any atom is 0.244 e. The van der Waals surface area contributed by atoms with Crippen LogP contribution in [-0.2, 0) is 14.4 Å². The van der Waals surface area contributed by atoms with Crippen molar-refractivity contribution in [3.63, 3.8) is 0 Å². The minimum atomic E-state index is -0.295. The first-order valence-electron chi connectivity index (χ1n) is 9.25. The second-order valence-corrected chi connectivity index (χ2v) is 7.90. The first-order chi connectivity index (χ1) is 16.0. The van der Waals surface area contributed by atoms with Crippen molar-refractivity contribution in [2.45, 2.75) is 12.8 Å². The number of halogens is 4. The van der Waals surface area contributed by atoms with Gasteiger partial charge in [-0.15, -0.1) is 0 Å². The number of nitrogens with zero attached hydrogens (tertiary/aromatic N) is 4. The van der Waals surface area contributed by atoms with Crippen LogP contribution in [0.15, 0.2) is 58.8 Å². The molecular weight excluding hydrogens is 530 g/mol. The standard InChI is InChI=1S/C7H5Cl2NO.C7H6ClNO.C4H4ClNO2.C3H7NO/c8-6-3-1-5(2-4-6)7(9)10-11;8-7-3-1-6(2-4-7)5-9-10;5-6-3(7)1-2-4(6)8;1-4(2)3-5/h1-4,11H;1-5,10H;1-2H2;3H,1-2H3/b10-7-;9-5+;;. The number of oxime groups is 2. The number of amides is 3.